The summed E-state index contributed by atoms with van der Waals surface area (Å²) < 4.78 is 31.7. The van der Waals surface area contributed by atoms with Gasteiger partial charge in [-0.15, -0.1) is 0 Å². The molecular weight excluding hydrogens is 435 g/mol. The largest absolute Gasteiger partial charge is 0.493 e. The van der Waals surface area contributed by atoms with Crippen LogP contribution >= 0.6 is 0 Å². The van der Waals surface area contributed by atoms with Crippen LogP contribution in [0, 0.1) is 24.6 Å². The van der Waals surface area contributed by atoms with Crippen LogP contribution < -0.4 is 14.8 Å². The van der Waals surface area contributed by atoms with Gasteiger partial charge in [0.05, 0.1) is 31.5 Å². The van der Waals surface area contributed by atoms with Gasteiger partial charge in [0.15, 0.2) is 11.5 Å². The van der Waals surface area contributed by atoms with Crippen molar-refractivity contribution in [1.29, 1.82) is 0 Å². The Morgan fingerprint density at radius 1 is 1.15 bits per heavy atom. The molecule has 0 radical (unpaired) electrons. The lowest BCUT2D eigenvalue weighted by atomic mass is 9.89. The quantitative estimate of drug-likeness (QED) is 0.488. The molecule has 0 bridgehead atoms. The van der Waals surface area contributed by atoms with E-state index in [1.165, 1.54) is 18.8 Å². The number of methoxy groups -OCH3 is 1. The van der Waals surface area contributed by atoms with Gasteiger partial charge in [0.2, 0.25) is 0 Å². The molecule has 0 amide bonds. The van der Waals surface area contributed by atoms with Crippen molar-refractivity contribution < 1.29 is 18.6 Å². The van der Waals surface area contributed by atoms with Gasteiger partial charge in [-0.1, -0.05) is 6.07 Å². The summed E-state index contributed by atoms with van der Waals surface area (Å²) in [4.78, 5) is 11.2. The minimum Gasteiger partial charge on any atom is -0.493 e. The molecule has 8 heteroatoms. The lowest BCUT2D eigenvalue weighted by Crippen LogP contribution is -2.40. The SMILES string of the molecule is COc1cc2ncnc(Nc3ccc(C)cc3F)c2cc1OCCCN1CCC2COCC2C1. The predicted molar refractivity (Wildman–Crippen MR) is 129 cm³/mol. The standard InChI is InChI=1S/C26H31FN4O3/c1-17-4-5-22(21(27)10-17)30-26-20-11-25(24(32-2)12-23(20)28-16-29-26)34-9-3-7-31-8-6-18-14-33-15-19(18)13-31/h4-5,10-12,16,18-19H,3,6-9,13-15H2,1-2H3,(H,28,29,30). The Balaban J connectivity index is 1.27. The van der Waals surface area contributed by atoms with Crippen molar-refractivity contribution in [3.8, 4) is 11.5 Å². The van der Waals surface area contributed by atoms with E-state index in [2.05, 4.69) is 20.2 Å². The van der Waals surface area contributed by atoms with Crippen LogP contribution in [0.25, 0.3) is 10.9 Å². The average molecular weight is 467 g/mol. The highest BCUT2D eigenvalue weighted by Crippen LogP contribution is 2.35. The zero-order chi connectivity index (χ0) is 23.5. The summed E-state index contributed by atoms with van der Waals surface area (Å²) >= 11 is 0. The third kappa shape index (κ3) is 4.93. The molecular formula is C26H31FN4O3. The molecule has 5 rings (SSSR count). The molecule has 2 saturated heterocycles. The molecule has 2 aliphatic rings. The van der Waals surface area contributed by atoms with E-state index in [9.17, 15) is 4.39 Å². The van der Waals surface area contributed by atoms with Gasteiger partial charge in [-0.25, -0.2) is 14.4 Å². The van der Waals surface area contributed by atoms with E-state index >= 15 is 0 Å². The number of ether oxygens (including phenoxy) is 3. The summed E-state index contributed by atoms with van der Waals surface area (Å²) in [6, 6.07) is 8.75. The van der Waals surface area contributed by atoms with Gasteiger partial charge < -0.3 is 24.4 Å². The molecule has 7 nitrogen and oxygen atoms in total. The second kappa shape index (κ2) is 10.1. The molecule has 3 aromatic rings. The number of nitrogens with one attached hydrogen (secondary N) is 1. The van der Waals surface area contributed by atoms with Crippen molar-refractivity contribution >= 4 is 22.4 Å². The second-order valence-corrected chi connectivity index (χ2v) is 9.20. The fourth-order valence-electron chi connectivity index (χ4n) is 4.89. The average Bonchev–Trinajstić information content (AvgIpc) is 3.31. The molecule has 2 unspecified atom stereocenters. The lowest BCUT2D eigenvalue weighted by Gasteiger charge is -2.33. The van der Waals surface area contributed by atoms with Crippen LogP contribution in [0.15, 0.2) is 36.7 Å². The molecule has 2 aromatic carbocycles. The number of anilines is 2. The van der Waals surface area contributed by atoms with E-state index in [4.69, 9.17) is 14.2 Å². The Morgan fingerprint density at radius 2 is 2.03 bits per heavy atom. The summed E-state index contributed by atoms with van der Waals surface area (Å²) in [6.07, 6.45) is 3.60. The Kier molecular flexibility index (Phi) is 6.78. The molecule has 34 heavy (non-hydrogen) atoms. The number of aryl methyl sites for hydroxylation is 1. The van der Waals surface area contributed by atoms with Crippen LogP contribution in [-0.2, 0) is 4.74 Å². The number of hydrogen-bond acceptors (Lipinski definition) is 7. The first-order chi connectivity index (χ1) is 16.6. The van der Waals surface area contributed by atoms with Gasteiger partial charge in [-0.3, -0.25) is 0 Å². The van der Waals surface area contributed by atoms with E-state index in [-0.39, 0.29) is 5.82 Å². The fraction of sp³-hybridized carbons (Fsp3) is 0.462. The maximum Gasteiger partial charge on any atom is 0.162 e. The highest BCUT2D eigenvalue weighted by atomic mass is 19.1. The van der Waals surface area contributed by atoms with Crippen LogP contribution in [0.4, 0.5) is 15.9 Å². The van der Waals surface area contributed by atoms with E-state index < -0.39 is 0 Å². The molecule has 180 valence electrons. The number of hydrogen-bond donors (Lipinski definition) is 1. The summed E-state index contributed by atoms with van der Waals surface area (Å²) in [6.45, 7) is 7.51. The van der Waals surface area contributed by atoms with Gasteiger partial charge in [0, 0.05) is 37.1 Å². The normalized spacial score (nSPS) is 20.3. The molecule has 0 aliphatic carbocycles. The van der Waals surface area contributed by atoms with Crippen LogP contribution in [0.3, 0.4) is 0 Å². The Hall–Kier alpha value is -2.97. The number of aromatic nitrogens is 2. The summed E-state index contributed by atoms with van der Waals surface area (Å²) in [5, 5.41) is 3.83. The molecule has 2 atom stereocenters. The molecule has 1 aromatic heterocycles. The number of fused-ring (bicyclic) bond motifs is 2. The first-order valence-corrected chi connectivity index (χ1v) is 11.9. The number of piperidine rings is 1. The fourth-order valence-corrected chi connectivity index (χ4v) is 4.89. The number of benzene rings is 2. The number of likely N-dealkylation sites (tertiary alicyclic amines) is 1. The van der Waals surface area contributed by atoms with Crippen LogP contribution in [-0.4, -0.2) is 61.4 Å². The highest BCUT2D eigenvalue weighted by molar-refractivity contribution is 5.93. The molecule has 3 heterocycles. The van der Waals surface area contributed by atoms with Crippen LogP contribution in [0.2, 0.25) is 0 Å². The van der Waals surface area contributed by atoms with Crippen molar-refractivity contribution in [2.24, 2.45) is 11.8 Å². The Labute approximate surface area is 199 Å². The topological polar surface area (TPSA) is 68.7 Å². The molecule has 1 N–H and O–H groups in total. The zero-order valence-corrected chi connectivity index (χ0v) is 19.7. The number of nitrogens with zero attached hydrogens (tertiary/aromatic N) is 3. The lowest BCUT2D eigenvalue weighted by molar-refractivity contribution is 0.138. The zero-order valence-electron chi connectivity index (χ0n) is 19.7. The summed E-state index contributed by atoms with van der Waals surface area (Å²) in [5.41, 5.74) is 1.91. The summed E-state index contributed by atoms with van der Waals surface area (Å²) in [5.74, 6) is 2.85. The predicted octanol–water partition coefficient (Wildman–Crippen LogP) is 4.57. The minimum atomic E-state index is -0.329. The first kappa shape index (κ1) is 22.8. The van der Waals surface area contributed by atoms with E-state index in [1.54, 1.807) is 13.2 Å². The van der Waals surface area contributed by atoms with Crippen LogP contribution in [0.5, 0.6) is 11.5 Å². The minimum absolute atomic E-state index is 0.329. The van der Waals surface area contributed by atoms with Gasteiger partial charge >= 0.3 is 0 Å². The Morgan fingerprint density at radius 3 is 2.88 bits per heavy atom. The third-order valence-electron chi connectivity index (χ3n) is 6.81. The maximum absolute atomic E-state index is 14.4. The molecule has 0 spiro atoms. The smallest absolute Gasteiger partial charge is 0.162 e. The first-order valence-electron chi connectivity index (χ1n) is 11.9. The maximum atomic E-state index is 14.4. The van der Waals surface area contributed by atoms with Crippen molar-refractivity contribution in [1.82, 2.24) is 14.9 Å². The monoisotopic (exact) mass is 466 g/mol. The van der Waals surface area contributed by atoms with Crippen LogP contribution in [0.1, 0.15) is 18.4 Å². The van der Waals surface area contributed by atoms with Gasteiger partial charge in [-0.2, -0.15) is 0 Å². The van der Waals surface area contributed by atoms with Crippen molar-refractivity contribution in [3.05, 3.63) is 48.0 Å². The summed E-state index contributed by atoms with van der Waals surface area (Å²) in [7, 11) is 1.61. The van der Waals surface area contributed by atoms with E-state index in [0.29, 0.717) is 41.0 Å². The Bertz CT molecular complexity index is 1160. The third-order valence-corrected chi connectivity index (χ3v) is 6.81. The highest BCUT2D eigenvalue weighted by Gasteiger charge is 2.33. The van der Waals surface area contributed by atoms with Crippen molar-refractivity contribution in [2.45, 2.75) is 19.8 Å². The van der Waals surface area contributed by atoms with Crippen molar-refractivity contribution in [3.63, 3.8) is 0 Å². The molecule has 0 saturated carbocycles. The van der Waals surface area contributed by atoms with Crippen molar-refractivity contribution in [2.75, 3.05) is 51.9 Å². The van der Waals surface area contributed by atoms with E-state index in [0.717, 1.165) is 56.1 Å². The van der Waals surface area contributed by atoms with Gasteiger partial charge in [0.25, 0.3) is 0 Å². The number of halogens is 1. The molecule has 2 aliphatic heterocycles. The van der Waals surface area contributed by atoms with Gasteiger partial charge in [0.1, 0.15) is 18.0 Å². The van der Waals surface area contributed by atoms with Gasteiger partial charge in [-0.05, 0) is 56.0 Å². The second-order valence-electron chi connectivity index (χ2n) is 9.20. The molecule has 2 fully saturated rings. The van der Waals surface area contributed by atoms with E-state index in [1.807, 2.05) is 25.1 Å². The number of rotatable bonds is 8.